The maximum absolute atomic E-state index is 12.2. The second kappa shape index (κ2) is 7.84. The zero-order valence-corrected chi connectivity index (χ0v) is 14.2. The predicted molar refractivity (Wildman–Crippen MR) is 93.5 cm³/mol. The highest BCUT2D eigenvalue weighted by atomic mass is 79.9. The number of carbonyl (C=O) groups is 1. The Morgan fingerprint density at radius 1 is 1.09 bits per heavy atom. The Hall–Kier alpha value is -2.01. The van der Waals surface area contributed by atoms with Crippen LogP contribution in [0, 0.1) is 0 Å². The number of rotatable bonds is 6. The Morgan fingerprint density at radius 3 is 2.27 bits per heavy atom. The SMILES string of the molecule is CCOc1ccc(N[C@@H](C)C(=O)Nc2ccc(Br)cc2)cc1. The van der Waals surface area contributed by atoms with Gasteiger partial charge in [0.1, 0.15) is 11.8 Å². The fourth-order valence-electron chi connectivity index (χ4n) is 1.91. The molecule has 0 saturated carbocycles. The van der Waals surface area contributed by atoms with E-state index in [-0.39, 0.29) is 11.9 Å². The number of ether oxygens (including phenoxy) is 1. The van der Waals surface area contributed by atoms with Crippen LogP contribution in [0.5, 0.6) is 5.75 Å². The van der Waals surface area contributed by atoms with Crippen LogP contribution in [-0.2, 0) is 4.79 Å². The van der Waals surface area contributed by atoms with Crippen molar-refractivity contribution in [2.24, 2.45) is 0 Å². The number of carbonyl (C=O) groups excluding carboxylic acids is 1. The average Bonchev–Trinajstić information content (AvgIpc) is 2.51. The van der Waals surface area contributed by atoms with Crippen LogP contribution in [0.4, 0.5) is 11.4 Å². The summed E-state index contributed by atoms with van der Waals surface area (Å²) in [5.74, 6) is 0.733. The molecule has 0 fully saturated rings. The highest BCUT2D eigenvalue weighted by Gasteiger charge is 2.12. The van der Waals surface area contributed by atoms with E-state index in [4.69, 9.17) is 4.74 Å². The molecule has 5 heteroatoms. The van der Waals surface area contributed by atoms with Crippen molar-refractivity contribution in [2.45, 2.75) is 19.9 Å². The number of anilines is 2. The van der Waals surface area contributed by atoms with Gasteiger partial charge in [-0.15, -0.1) is 0 Å². The normalized spacial score (nSPS) is 11.6. The maximum Gasteiger partial charge on any atom is 0.246 e. The summed E-state index contributed by atoms with van der Waals surface area (Å²) in [6.45, 7) is 4.41. The van der Waals surface area contributed by atoms with E-state index in [1.54, 1.807) is 0 Å². The average molecular weight is 363 g/mol. The molecular formula is C17H19BrN2O2. The van der Waals surface area contributed by atoms with Gasteiger partial charge in [0.15, 0.2) is 0 Å². The molecule has 0 spiro atoms. The zero-order chi connectivity index (χ0) is 15.9. The molecule has 1 amide bonds. The molecule has 2 aromatic carbocycles. The van der Waals surface area contributed by atoms with E-state index >= 15 is 0 Å². The third-order valence-electron chi connectivity index (χ3n) is 3.05. The minimum atomic E-state index is -0.346. The van der Waals surface area contributed by atoms with E-state index < -0.39 is 0 Å². The lowest BCUT2D eigenvalue weighted by Crippen LogP contribution is -2.31. The third kappa shape index (κ3) is 4.77. The molecule has 4 nitrogen and oxygen atoms in total. The lowest BCUT2D eigenvalue weighted by molar-refractivity contribution is -0.116. The number of nitrogens with one attached hydrogen (secondary N) is 2. The lowest BCUT2D eigenvalue weighted by atomic mass is 10.2. The number of halogens is 1. The van der Waals surface area contributed by atoms with Crippen molar-refractivity contribution in [1.82, 2.24) is 0 Å². The fourth-order valence-corrected chi connectivity index (χ4v) is 2.18. The van der Waals surface area contributed by atoms with Crippen LogP contribution in [0.15, 0.2) is 53.0 Å². The first kappa shape index (κ1) is 16.4. The van der Waals surface area contributed by atoms with Crippen LogP contribution < -0.4 is 15.4 Å². The summed E-state index contributed by atoms with van der Waals surface area (Å²) in [4.78, 5) is 12.2. The highest BCUT2D eigenvalue weighted by Crippen LogP contribution is 2.17. The van der Waals surface area contributed by atoms with Crippen molar-refractivity contribution in [3.05, 3.63) is 53.0 Å². The molecule has 116 valence electrons. The van der Waals surface area contributed by atoms with Gasteiger partial charge < -0.3 is 15.4 Å². The van der Waals surface area contributed by atoms with Gasteiger partial charge in [0, 0.05) is 15.8 Å². The second-order valence-electron chi connectivity index (χ2n) is 4.82. The van der Waals surface area contributed by atoms with Gasteiger partial charge in [-0.05, 0) is 62.4 Å². The Bertz CT molecular complexity index is 612. The molecule has 0 aliphatic heterocycles. The maximum atomic E-state index is 12.2. The van der Waals surface area contributed by atoms with Crippen molar-refractivity contribution in [3.63, 3.8) is 0 Å². The van der Waals surface area contributed by atoms with E-state index in [1.165, 1.54) is 0 Å². The molecule has 0 aliphatic carbocycles. The molecule has 0 aromatic heterocycles. The monoisotopic (exact) mass is 362 g/mol. The standard InChI is InChI=1S/C17H19BrN2O2/c1-3-22-16-10-8-14(9-11-16)19-12(2)17(21)20-15-6-4-13(18)5-7-15/h4-12,19H,3H2,1-2H3,(H,20,21)/t12-/m0/s1. The molecule has 0 bridgehead atoms. The molecule has 2 aromatic rings. The van der Waals surface area contributed by atoms with Crippen molar-refractivity contribution >= 4 is 33.2 Å². The minimum Gasteiger partial charge on any atom is -0.494 e. The molecule has 0 saturated heterocycles. The van der Waals surface area contributed by atoms with Crippen LogP contribution >= 0.6 is 15.9 Å². The molecule has 2 rings (SSSR count). The number of hydrogen-bond donors (Lipinski definition) is 2. The molecular weight excluding hydrogens is 344 g/mol. The van der Waals surface area contributed by atoms with E-state index in [2.05, 4.69) is 26.6 Å². The first-order valence-electron chi connectivity index (χ1n) is 7.14. The molecule has 0 heterocycles. The number of benzene rings is 2. The van der Waals surface area contributed by atoms with Gasteiger partial charge in [-0.1, -0.05) is 15.9 Å². The van der Waals surface area contributed by atoms with Crippen LogP contribution in [0.2, 0.25) is 0 Å². The van der Waals surface area contributed by atoms with Gasteiger partial charge in [0.2, 0.25) is 5.91 Å². The van der Waals surface area contributed by atoms with Crippen LogP contribution in [0.3, 0.4) is 0 Å². The Balaban J connectivity index is 1.91. The van der Waals surface area contributed by atoms with E-state index in [9.17, 15) is 4.79 Å². The predicted octanol–water partition coefficient (Wildman–Crippen LogP) is 4.29. The van der Waals surface area contributed by atoms with Crippen molar-refractivity contribution in [3.8, 4) is 5.75 Å². The largest absolute Gasteiger partial charge is 0.494 e. The van der Waals surface area contributed by atoms with Crippen molar-refractivity contribution < 1.29 is 9.53 Å². The minimum absolute atomic E-state index is 0.0868. The zero-order valence-electron chi connectivity index (χ0n) is 12.6. The summed E-state index contributed by atoms with van der Waals surface area (Å²) >= 11 is 3.37. The van der Waals surface area contributed by atoms with Crippen LogP contribution in [0.1, 0.15) is 13.8 Å². The first-order chi connectivity index (χ1) is 10.6. The fraction of sp³-hybridized carbons (Fsp3) is 0.235. The van der Waals surface area contributed by atoms with Gasteiger partial charge in [-0.2, -0.15) is 0 Å². The molecule has 1 atom stereocenters. The van der Waals surface area contributed by atoms with Crippen LogP contribution in [-0.4, -0.2) is 18.6 Å². The topological polar surface area (TPSA) is 50.4 Å². The molecule has 0 unspecified atom stereocenters. The van der Waals surface area contributed by atoms with E-state index in [0.29, 0.717) is 6.61 Å². The van der Waals surface area contributed by atoms with Gasteiger partial charge in [-0.25, -0.2) is 0 Å². The van der Waals surface area contributed by atoms with Gasteiger partial charge in [-0.3, -0.25) is 4.79 Å². The summed E-state index contributed by atoms with van der Waals surface area (Å²) in [6.07, 6.45) is 0. The molecule has 0 aliphatic rings. The first-order valence-corrected chi connectivity index (χ1v) is 7.93. The van der Waals surface area contributed by atoms with Gasteiger partial charge in [0.25, 0.3) is 0 Å². The summed E-state index contributed by atoms with van der Waals surface area (Å²) < 4.78 is 6.37. The molecule has 0 radical (unpaired) electrons. The summed E-state index contributed by atoms with van der Waals surface area (Å²) in [7, 11) is 0. The summed E-state index contributed by atoms with van der Waals surface area (Å²) in [5, 5.41) is 6.04. The Labute approximate surface area is 139 Å². The Kier molecular flexibility index (Phi) is 5.83. The van der Waals surface area contributed by atoms with Gasteiger partial charge in [0.05, 0.1) is 6.61 Å². The summed E-state index contributed by atoms with van der Waals surface area (Å²) in [6, 6.07) is 14.7. The highest BCUT2D eigenvalue weighted by molar-refractivity contribution is 9.10. The molecule has 22 heavy (non-hydrogen) atoms. The second-order valence-corrected chi connectivity index (χ2v) is 5.74. The number of hydrogen-bond acceptors (Lipinski definition) is 3. The lowest BCUT2D eigenvalue weighted by Gasteiger charge is -2.15. The smallest absolute Gasteiger partial charge is 0.246 e. The van der Waals surface area contributed by atoms with Crippen molar-refractivity contribution in [1.29, 1.82) is 0 Å². The van der Waals surface area contributed by atoms with Gasteiger partial charge >= 0.3 is 0 Å². The van der Waals surface area contributed by atoms with Crippen molar-refractivity contribution in [2.75, 3.05) is 17.2 Å². The quantitative estimate of drug-likeness (QED) is 0.805. The van der Waals surface area contributed by atoms with E-state index in [1.807, 2.05) is 62.4 Å². The Morgan fingerprint density at radius 2 is 1.68 bits per heavy atom. The third-order valence-corrected chi connectivity index (χ3v) is 3.58. The van der Waals surface area contributed by atoms with Crippen LogP contribution in [0.25, 0.3) is 0 Å². The number of amides is 1. The summed E-state index contributed by atoms with van der Waals surface area (Å²) in [5.41, 5.74) is 1.65. The molecule has 2 N–H and O–H groups in total. The van der Waals surface area contributed by atoms with E-state index in [0.717, 1.165) is 21.6 Å².